The number of nitrogens with zero attached hydrogens (tertiary/aromatic N) is 1. The molecule has 1 aliphatic heterocycles. The molecule has 21 heavy (non-hydrogen) atoms. The molecule has 0 radical (unpaired) electrons. The molecule has 1 heterocycles. The molecular formula is C16H22N2O3. The minimum absolute atomic E-state index is 0.0206. The number of urea groups is 1. The second-order valence-electron chi connectivity index (χ2n) is 5.67. The summed E-state index contributed by atoms with van der Waals surface area (Å²) in [5, 5.41) is 11.8. The Kier molecular flexibility index (Phi) is 5.20. The first-order valence-electron chi connectivity index (χ1n) is 7.37. The molecule has 2 N–H and O–H groups in total. The SMILES string of the molecule is CC1CCN(C(=O)NCc2ccccc2CC(=O)O)CC1. The van der Waals surface area contributed by atoms with Crippen LogP contribution in [-0.2, 0) is 17.8 Å². The van der Waals surface area contributed by atoms with E-state index >= 15 is 0 Å². The molecule has 0 bridgehead atoms. The summed E-state index contributed by atoms with van der Waals surface area (Å²) in [7, 11) is 0. The Bertz CT molecular complexity index is 508. The average Bonchev–Trinajstić information content (AvgIpc) is 2.46. The van der Waals surface area contributed by atoms with Crippen LogP contribution in [-0.4, -0.2) is 35.1 Å². The first-order valence-corrected chi connectivity index (χ1v) is 7.37. The first-order chi connectivity index (χ1) is 10.1. The number of carbonyl (C=O) groups excluding carboxylic acids is 1. The molecule has 2 rings (SSSR count). The summed E-state index contributed by atoms with van der Waals surface area (Å²) in [5.74, 6) is -0.177. The van der Waals surface area contributed by atoms with E-state index in [4.69, 9.17) is 5.11 Å². The van der Waals surface area contributed by atoms with Crippen molar-refractivity contribution in [2.75, 3.05) is 13.1 Å². The molecule has 1 aliphatic rings. The van der Waals surface area contributed by atoms with Crippen molar-refractivity contribution in [3.63, 3.8) is 0 Å². The van der Waals surface area contributed by atoms with Gasteiger partial charge in [0.1, 0.15) is 0 Å². The lowest BCUT2D eigenvalue weighted by Crippen LogP contribution is -2.43. The number of nitrogens with one attached hydrogen (secondary N) is 1. The van der Waals surface area contributed by atoms with Crippen molar-refractivity contribution >= 4 is 12.0 Å². The number of benzene rings is 1. The molecule has 0 spiro atoms. The summed E-state index contributed by atoms with van der Waals surface area (Å²) >= 11 is 0. The van der Waals surface area contributed by atoms with Crippen molar-refractivity contribution in [3.05, 3.63) is 35.4 Å². The molecule has 0 aromatic heterocycles. The largest absolute Gasteiger partial charge is 0.481 e. The van der Waals surface area contributed by atoms with Gasteiger partial charge in [-0.05, 0) is 29.9 Å². The van der Waals surface area contributed by atoms with E-state index in [-0.39, 0.29) is 12.5 Å². The van der Waals surface area contributed by atoms with Crippen molar-refractivity contribution in [2.45, 2.75) is 32.7 Å². The van der Waals surface area contributed by atoms with Gasteiger partial charge < -0.3 is 15.3 Å². The third-order valence-corrected chi connectivity index (χ3v) is 3.96. The normalized spacial score (nSPS) is 15.8. The van der Waals surface area contributed by atoms with Gasteiger partial charge in [0.05, 0.1) is 6.42 Å². The predicted octanol–water partition coefficient (Wildman–Crippen LogP) is 2.26. The van der Waals surface area contributed by atoms with Crippen LogP contribution in [0.2, 0.25) is 0 Å². The van der Waals surface area contributed by atoms with Crippen LogP contribution in [0.4, 0.5) is 4.79 Å². The minimum atomic E-state index is -0.862. The van der Waals surface area contributed by atoms with E-state index in [9.17, 15) is 9.59 Å². The summed E-state index contributed by atoms with van der Waals surface area (Å²) in [4.78, 5) is 24.8. The summed E-state index contributed by atoms with van der Waals surface area (Å²) in [6, 6.07) is 7.26. The fourth-order valence-corrected chi connectivity index (χ4v) is 2.56. The van der Waals surface area contributed by atoms with Gasteiger partial charge in [0.2, 0.25) is 0 Å². The zero-order chi connectivity index (χ0) is 15.2. The van der Waals surface area contributed by atoms with Crippen molar-refractivity contribution in [1.82, 2.24) is 10.2 Å². The second kappa shape index (κ2) is 7.11. The van der Waals surface area contributed by atoms with Gasteiger partial charge in [-0.15, -0.1) is 0 Å². The lowest BCUT2D eigenvalue weighted by atomic mass is 10.00. The Morgan fingerprint density at radius 3 is 2.48 bits per heavy atom. The van der Waals surface area contributed by atoms with Crippen molar-refractivity contribution in [1.29, 1.82) is 0 Å². The fourth-order valence-electron chi connectivity index (χ4n) is 2.56. The molecule has 1 saturated heterocycles. The minimum Gasteiger partial charge on any atom is -0.481 e. The second-order valence-corrected chi connectivity index (χ2v) is 5.67. The number of carboxylic acid groups (broad SMARTS) is 1. The summed E-state index contributed by atoms with van der Waals surface area (Å²) < 4.78 is 0. The zero-order valence-electron chi connectivity index (χ0n) is 12.3. The number of piperidine rings is 1. The number of aliphatic carboxylic acids is 1. The van der Waals surface area contributed by atoms with E-state index in [1.54, 1.807) is 6.07 Å². The van der Waals surface area contributed by atoms with Gasteiger partial charge in [0.25, 0.3) is 0 Å². The van der Waals surface area contributed by atoms with Gasteiger partial charge in [-0.3, -0.25) is 4.79 Å². The maximum Gasteiger partial charge on any atom is 0.317 e. The Morgan fingerprint density at radius 2 is 1.86 bits per heavy atom. The quantitative estimate of drug-likeness (QED) is 0.893. The summed E-state index contributed by atoms with van der Waals surface area (Å²) in [6.07, 6.45) is 2.07. The number of carbonyl (C=O) groups is 2. The Labute approximate surface area is 125 Å². The van der Waals surface area contributed by atoms with Crippen molar-refractivity contribution < 1.29 is 14.7 Å². The first kappa shape index (κ1) is 15.4. The smallest absolute Gasteiger partial charge is 0.317 e. The lowest BCUT2D eigenvalue weighted by molar-refractivity contribution is -0.136. The number of amides is 2. The molecular weight excluding hydrogens is 268 g/mol. The van der Waals surface area contributed by atoms with Crippen LogP contribution >= 0.6 is 0 Å². The summed E-state index contributed by atoms with van der Waals surface area (Å²) in [6.45, 7) is 4.17. The molecule has 0 saturated carbocycles. The standard InChI is InChI=1S/C16H22N2O3/c1-12-6-8-18(9-7-12)16(21)17-11-14-5-3-2-4-13(14)10-15(19)20/h2-5,12H,6-11H2,1H3,(H,17,21)(H,19,20). The molecule has 1 aromatic carbocycles. The van der Waals surface area contributed by atoms with Crippen molar-refractivity contribution in [3.8, 4) is 0 Å². The van der Waals surface area contributed by atoms with E-state index in [0.717, 1.165) is 37.1 Å². The monoisotopic (exact) mass is 290 g/mol. The van der Waals surface area contributed by atoms with Crippen LogP contribution in [0.25, 0.3) is 0 Å². The number of rotatable bonds is 4. The van der Waals surface area contributed by atoms with Gasteiger partial charge in [0, 0.05) is 19.6 Å². The van der Waals surface area contributed by atoms with Gasteiger partial charge in [0.15, 0.2) is 0 Å². The van der Waals surface area contributed by atoms with Gasteiger partial charge in [-0.1, -0.05) is 31.2 Å². The van der Waals surface area contributed by atoms with E-state index in [1.807, 2.05) is 23.1 Å². The molecule has 5 heteroatoms. The molecule has 0 unspecified atom stereocenters. The molecule has 0 aliphatic carbocycles. The van der Waals surface area contributed by atoms with E-state index in [1.165, 1.54) is 0 Å². The number of carboxylic acids is 1. The maximum absolute atomic E-state index is 12.1. The molecule has 114 valence electrons. The van der Waals surface area contributed by atoms with Gasteiger partial charge >= 0.3 is 12.0 Å². The van der Waals surface area contributed by atoms with Crippen LogP contribution in [0, 0.1) is 5.92 Å². The molecule has 1 fully saturated rings. The maximum atomic E-state index is 12.1. The zero-order valence-corrected chi connectivity index (χ0v) is 12.3. The van der Waals surface area contributed by atoms with Crippen molar-refractivity contribution in [2.24, 2.45) is 5.92 Å². The third kappa shape index (κ3) is 4.48. The Morgan fingerprint density at radius 1 is 1.24 bits per heavy atom. The topological polar surface area (TPSA) is 69.6 Å². The molecule has 2 amide bonds. The molecule has 5 nitrogen and oxygen atoms in total. The number of likely N-dealkylation sites (tertiary alicyclic amines) is 1. The van der Waals surface area contributed by atoms with E-state index in [0.29, 0.717) is 12.5 Å². The van der Waals surface area contributed by atoms with Gasteiger partial charge in [-0.2, -0.15) is 0 Å². The Balaban J connectivity index is 1.90. The third-order valence-electron chi connectivity index (χ3n) is 3.96. The number of hydrogen-bond donors (Lipinski definition) is 2. The molecule has 0 atom stereocenters. The van der Waals surface area contributed by atoms with Crippen LogP contribution in [0.3, 0.4) is 0 Å². The number of hydrogen-bond acceptors (Lipinski definition) is 2. The highest BCUT2D eigenvalue weighted by atomic mass is 16.4. The predicted molar refractivity (Wildman–Crippen MR) is 80.0 cm³/mol. The fraction of sp³-hybridized carbons (Fsp3) is 0.500. The highest BCUT2D eigenvalue weighted by molar-refractivity contribution is 5.74. The highest BCUT2D eigenvalue weighted by Crippen LogP contribution is 2.16. The average molecular weight is 290 g/mol. The van der Waals surface area contributed by atoms with Crippen LogP contribution in [0.15, 0.2) is 24.3 Å². The summed E-state index contributed by atoms with van der Waals surface area (Å²) in [5.41, 5.74) is 1.61. The highest BCUT2D eigenvalue weighted by Gasteiger charge is 2.20. The van der Waals surface area contributed by atoms with Crippen LogP contribution < -0.4 is 5.32 Å². The molecule has 1 aromatic rings. The van der Waals surface area contributed by atoms with Gasteiger partial charge in [-0.25, -0.2) is 4.79 Å². The van der Waals surface area contributed by atoms with Crippen LogP contribution in [0.5, 0.6) is 0 Å². The van der Waals surface area contributed by atoms with E-state index in [2.05, 4.69) is 12.2 Å². The Hall–Kier alpha value is -2.04. The lowest BCUT2D eigenvalue weighted by Gasteiger charge is -2.30. The van der Waals surface area contributed by atoms with Crippen LogP contribution in [0.1, 0.15) is 30.9 Å². The van der Waals surface area contributed by atoms with E-state index < -0.39 is 5.97 Å².